The van der Waals surface area contributed by atoms with Crippen LogP contribution in [0, 0.1) is 11.8 Å². The van der Waals surface area contributed by atoms with E-state index in [1.807, 2.05) is 0 Å². The molecule has 0 saturated heterocycles. The number of alkyl carbamates (subject to hydrolysis) is 1. The van der Waals surface area contributed by atoms with Gasteiger partial charge in [-0.25, -0.2) is 4.79 Å². The largest absolute Gasteiger partial charge is 0.475 e. The van der Waals surface area contributed by atoms with Gasteiger partial charge in [0.25, 0.3) is 0 Å². The monoisotopic (exact) mass is 581 g/mol. The van der Waals surface area contributed by atoms with Crippen LogP contribution in [0.5, 0.6) is 0 Å². The fraction of sp³-hybridized carbons (Fsp3) is 0.464. The molecule has 0 aliphatic carbocycles. The lowest BCUT2D eigenvalue weighted by molar-refractivity contribution is -0.137. The summed E-state index contributed by atoms with van der Waals surface area (Å²) in [6, 6.07) is 11.6. The Balaban J connectivity index is 0.00000196. The highest BCUT2D eigenvalue weighted by atomic mass is 19.4. The zero-order chi connectivity index (χ0) is 31.2. The summed E-state index contributed by atoms with van der Waals surface area (Å²) in [6.45, 7) is 9.12. The van der Waals surface area contributed by atoms with Crippen LogP contribution in [-0.4, -0.2) is 53.6 Å². The van der Waals surface area contributed by atoms with Crippen molar-refractivity contribution < 1.29 is 42.3 Å². The third kappa shape index (κ3) is 14.6. The molecule has 1 unspecified atom stereocenters. The Hall–Kier alpha value is -3.58. The van der Waals surface area contributed by atoms with Gasteiger partial charge in [0.2, 0.25) is 11.8 Å². The van der Waals surface area contributed by atoms with Crippen molar-refractivity contribution in [1.82, 2.24) is 16.0 Å². The van der Waals surface area contributed by atoms with E-state index in [1.54, 1.807) is 44.2 Å². The van der Waals surface area contributed by atoms with Crippen molar-refractivity contribution >= 4 is 25.0 Å². The van der Waals surface area contributed by atoms with E-state index >= 15 is 0 Å². The maximum atomic E-state index is 13.1. The minimum Gasteiger partial charge on any atom is -0.445 e. The van der Waals surface area contributed by atoms with Crippen LogP contribution in [0.15, 0.2) is 54.6 Å². The maximum Gasteiger partial charge on any atom is 0.475 e. The Bertz CT molecular complexity index is 1090. The van der Waals surface area contributed by atoms with Gasteiger partial charge in [-0.05, 0) is 29.0 Å². The maximum absolute atomic E-state index is 13.1. The fourth-order valence-electron chi connectivity index (χ4n) is 3.34. The smallest absolute Gasteiger partial charge is 0.445 e. The Morgan fingerprint density at radius 3 is 2.02 bits per heavy atom. The normalized spacial score (nSPS) is 12.5. The molecule has 0 aliphatic rings. The summed E-state index contributed by atoms with van der Waals surface area (Å²) in [5.74, 6) is -2.06. The topological polar surface area (TPSA) is 137 Å². The zero-order valence-corrected chi connectivity index (χ0v) is 23.9. The molecule has 0 radical (unpaired) electrons. The van der Waals surface area contributed by atoms with Crippen molar-refractivity contribution in [2.45, 2.75) is 65.8 Å². The zero-order valence-electron chi connectivity index (χ0n) is 23.9. The Labute approximate surface area is 239 Å². The number of hydrogen-bond donors (Lipinski definition) is 5. The summed E-state index contributed by atoms with van der Waals surface area (Å²) in [4.78, 5) is 37.4. The number of ether oxygens (including phenoxy) is 1. The molecule has 0 aromatic heterocycles. The molecule has 0 bridgehead atoms. The van der Waals surface area contributed by atoms with Crippen LogP contribution in [0.3, 0.4) is 0 Å². The second-order valence-electron chi connectivity index (χ2n) is 10.4. The van der Waals surface area contributed by atoms with Crippen molar-refractivity contribution in [2.24, 2.45) is 11.8 Å². The van der Waals surface area contributed by atoms with Crippen LogP contribution in [-0.2, 0) is 33.5 Å². The number of hydrogen-bond acceptors (Lipinski definition) is 6. The number of halogens is 3. The molecular formula is C28H39BF3N3O6. The van der Waals surface area contributed by atoms with E-state index in [4.69, 9.17) is 4.74 Å². The highest BCUT2D eigenvalue weighted by Gasteiger charge is 2.31. The number of alkyl halides is 3. The predicted molar refractivity (Wildman–Crippen MR) is 149 cm³/mol. The molecule has 5 N–H and O–H groups in total. The van der Waals surface area contributed by atoms with Crippen molar-refractivity contribution in [3.63, 3.8) is 0 Å². The molecule has 2 rings (SSSR count). The number of carbonyl (C=O) groups excluding carboxylic acids is 3. The second kappa shape index (κ2) is 17.3. The van der Waals surface area contributed by atoms with Gasteiger partial charge in [-0.15, -0.1) is 0 Å². The number of rotatable bonds is 11. The lowest BCUT2D eigenvalue weighted by Crippen LogP contribution is -2.54. The molecule has 0 heterocycles. The van der Waals surface area contributed by atoms with Crippen molar-refractivity contribution in [2.75, 3.05) is 6.54 Å². The number of amides is 3. The summed E-state index contributed by atoms with van der Waals surface area (Å²) in [5, 5.41) is 25.8. The van der Waals surface area contributed by atoms with Crippen molar-refractivity contribution in [3.8, 4) is 0 Å². The molecule has 226 valence electrons. The lowest BCUT2D eigenvalue weighted by Gasteiger charge is -2.22. The summed E-state index contributed by atoms with van der Waals surface area (Å²) in [6.07, 6.45) is -5.90. The highest BCUT2D eigenvalue weighted by Crippen LogP contribution is 2.29. The van der Waals surface area contributed by atoms with E-state index in [0.29, 0.717) is 5.56 Å². The standard InChI is InChI=1S/C24H29BF3N3O6.C4H10/c1-15(2)21(25(35)36)31-20(32)13-29-22(33)19(12-17-9-6-10-18(11-17)24(26,27)28)30-23(34)37-14-16-7-4-3-5-8-16;1-4(2)3/h3-11,15,19,21,35-36H,12-14H2,1-2H3,(H,29,33)(H,30,34)(H,31,32);4H,1-3H3/t19-,21?;/m0./s1. The third-order valence-electron chi connectivity index (χ3n) is 5.31. The van der Waals surface area contributed by atoms with E-state index in [-0.39, 0.29) is 24.5 Å². The summed E-state index contributed by atoms with van der Waals surface area (Å²) < 4.78 is 44.5. The van der Waals surface area contributed by atoms with Crippen molar-refractivity contribution in [1.29, 1.82) is 0 Å². The first-order chi connectivity index (χ1) is 19.1. The van der Waals surface area contributed by atoms with Gasteiger partial charge in [0, 0.05) is 6.42 Å². The average Bonchev–Trinajstić information content (AvgIpc) is 2.88. The highest BCUT2D eigenvalue weighted by molar-refractivity contribution is 6.43. The van der Waals surface area contributed by atoms with E-state index < -0.39 is 55.3 Å². The molecule has 0 spiro atoms. The first-order valence-corrected chi connectivity index (χ1v) is 13.2. The van der Waals surface area contributed by atoms with E-state index in [0.717, 1.165) is 18.1 Å². The number of benzene rings is 2. The quantitative estimate of drug-likeness (QED) is 0.258. The molecule has 3 amide bonds. The van der Waals surface area contributed by atoms with Gasteiger partial charge in [-0.2, -0.15) is 13.2 Å². The Morgan fingerprint density at radius 2 is 1.49 bits per heavy atom. The van der Waals surface area contributed by atoms with E-state index in [2.05, 4.69) is 36.7 Å². The molecule has 0 saturated carbocycles. The molecule has 0 fully saturated rings. The molecular weight excluding hydrogens is 542 g/mol. The van der Waals surface area contributed by atoms with E-state index in [1.165, 1.54) is 12.1 Å². The summed E-state index contributed by atoms with van der Waals surface area (Å²) in [5.41, 5.74) is -0.123. The summed E-state index contributed by atoms with van der Waals surface area (Å²) in [7, 11) is -1.82. The van der Waals surface area contributed by atoms with Gasteiger partial charge >= 0.3 is 19.4 Å². The minimum absolute atomic E-state index is 0.104. The van der Waals surface area contributed by atoms with Crippen molar-refractivity contribution in [3.05, 3.63) is 71.3 Å². The molecule has 2 aromatic carbocycles. The Kier molecular flexibility index (Phi) is 14.9. The minimum atomic E-state index is -4.60. The molecule has 0 aliphatic heterocycles. The number of nitrogens with one attached hydrogen (secondary N) is 3. The SMILES string of the molecule is CC(C)C.CC(C)C(NC(=O)CNC(=O)[C@H](Cc1cccc(C(F)(F)F)c1)NC(=O)OCc1ccccc1)B(O)O. The van der Waals surface area contributed by atoms with Crippen LogP contribution < -0.4 is 16.0 Å². The van der Waals surface area contributed by atoms with Gasteiger partial charge in [0.15, 0.2) is 0 Å². The second-order valence-corrected chi connectivity index (χ2v) is 10.4. The average molecular weight is 581 g/mol. The molecule has 2 atom stereocenters. The van der Waals surface area contributed by atoms with Crippen LogP contribution >= 0.6 is 0 Å². The molecule has 13 heteroatoms. The lowest BCUT2D eigenvalue weighted by atomic mass is 9.73. The van der Waals surface area contributed by atoms with Gasteiger partial charge in [0.1, 0.15) is 12.6 Å². The first-order valence-electron chi connectivity index (χ1n) is 13.2. The first kappa shape index (κ1) is 35.5. The van der Waals surface area contributed by atoms with E-state index in [9.17, 15) is 37.6 Å². The molecule has 2 aromatic rings. The van der Waals surface area contributed by atoms with Crippen LogP contribution in [0.2, 0.25) is 0 Å². The third-order valence-corrected chi connectivity index (χ3v) is 5.31. The fourth-order valence-corrected chi connectivity index (χ4v) is 3.34. The van der Waals surface area contributed by atoms with Crippen LogP contribution in [0.4, 0.5) is 18.0 Å². The predicted octanol–water partition coefficient (Wildman–Crippen LogP) is 3.47. The van der Waals surface area contributed by atoms with Gasteiger partial charge in [0.05, 0.1) is 18.0 Å². The van der Waals surface area contributed by atoms with Gasteiger partial charge < -0.3 is 30.7 Å². The molecule has 9 nitrogen and oxygen atoms in total. The van der Waals surface area contributed by atoms with Gasteiger partial charge in [-0.3, -0.25) is 9.59 Å². The number of carbonyl (C=O) groups is 3. The summed E-state index contributed by atoms with van der Waals surface area (Å²) >= 11 is 0. The van der Waals surface area contributed by atoms with Crippen LogP contribution in [0.25, 0.3) is 0 Å². The van der Waals surface area contributed by atoms with Crippen LogP contribution in [0.1, 0.15) is 51.3 Å². The Morgan fingerprint density at radius 1 is 0.902 bits per heavy atom. The molecule has 41 heavy (non-hydrogen) atoms. The van der Waals surface area contributed by atoms with Gasteiger partial charge in [-0.1, -0.05) is 83.1 Å².